The highest BCUT2D eigenvalue weighted by molar-refractivity contribution is 5.78. The second kappa shape index (κ2) is 4.11. The van der Waals surface area contributed by atoms with Crippen molar-refractivity contribution < 1.29 is 9.84 Å². The van der Waals surface area contributed by atoms with E-state index in [1.807, 2.05) is 6.92 Å². The number of nitrogens with two attached hydrogens (primary N) is 1. The van der Waals surface area contributed by atoms with Gasteiger partial charge in [-0.2, -0.15) is 0 Å². The zero-order chi connectivity index (χ0) is 8.97. The molecular formula is C8H14N2O2. The van der Waals surface area contributed by atoms with Gasteiger partial charge >= 0.3 is 0 Å². The Bertz CT molecular complexity index is 211. The van der Waals surface area contributed by atoms with Gasteiger partial charge in [-0.3, -0.25) is 0 Å². The Morgan fingerprint density at radius 1 is 1.83 bits per heavy atom. The third-order valence-electron chi connectivity index (χ3n) is 1.77. The van der Waals surface area contributed by atoms with Crippen molar-refractivity contribution in [2.75, 3.05) is 13.2 Å². The first kappa shape index (κ1) is 9.06. The van der Waals surface area contributed by atoms with Gasteiger partial charge in [-0.25, -0.2) is 4.99 Å². The van der Waals surface area contributed by atoms with Crippen LogP contribution in [0.25, 0.3) is 0 Å². The molecule has 1 rings (SSSR count). The molecule has 68 valence electrons. The summed E-state index contributed by atoms with van der Waals surface area (Å²) < 4.78 is 5.15. The number of hydrogen-bond donors (Lipinski definition) is 2. The van der Waals surface area contributed by atoms with E-state index in [2.05, 4.69) is 4.99 Å². The maximum Gasteiger partial charge on any atom is 0.188 e. The standard InChI is InChI=1S/C8H14N2O2/c1-6-4-8(12-3-2-11)10-5-7(6)9/h5-6,11H,2-4,9H2,1H3. The average Bonchev–Trinajstić information content (AvgIpc) is 2.07. The van der Waals surface area contributed by atoms with E-state index in [0.29, 0.717) is 12.5 Å². The van der Waals surface area contributed by atoms with Crippen molar-refractivity contribution in [2.45, 2.75) is 13.3 Å². The van der Waals surface area contributed by atoms with Crippen LogP contribution in [0.3, 0.4) is 0 Å². The minimum Gasteiger partial charge on any atom is -0.478 e. The normalized spacial score (nSPS) is 23.0. The van der Waals surface area contributed by atoms with Gasteiger partial charge in [0.05, 0.1) is 6.61 Å². The maximum absolute atomic E-state index is 8.49. The van der Waals surface area contributed by atoms with Crippen molar-refractivity contribution in [3.63, 3.8) is 0 Å². The quantitative estimate of drug-likeness (QED) is 0.623. The first-order valence-electron chi connectivity index (χ1n) is 4.00. The van der Waals surface area contributed by atoms with E-state index in [9.17, 15) is 0 Å². The predicted molar refractivity (Wildman–Crippen MR) is 46.5 cm³/mol. The van der Waals surface area contributed by atoms with Gasteiger partial charge in [-0.05, 0) is 0 Å². The SMILES string of the molecule is CC1CC(OCCO)=NC=C1N. The van der Waals surface area contributed by atoms with Gasteiger partial charge < -0.3 is 15.6 Å². The van der Waals surface area contributed by atoms with Gasteiger partial charge in [0.2, 0.25) is 0 Å². The van der Waals surface area contributed by atoms with Crippen molar-refractivity contribution in [3.8, 4) is 0 Å². The molecular weight excluding hydrogens is 156 g/mol. The second-order valence-corrected chi connectivity index (χ2v) is 2.83. The molecule has 0 aliphatic carbocycles. The minimum absolute atomic E-state index is 0.0204. The summed E-state index contributed by atoms with van der Waals surface area (Å²) in [5, 5.41) is 8.49. The number of hydrogen-bond acceptors (Lipinski definition) is 4. The molecule has 1 aliphatic heterocycles. The number of aliphatic hydroxyl groups excluding tert-OH is 1. The molecule has 3 N–H and O–H groups in total. The van der Waals surface area contributed by atoms with Gasteiger partial charge in [0.15, 0.2) is 5.90 Å². The molecule has 1 unspecified atom stereocenters. The number of rotatable bonds is 2. The van der Waals surface area contributed by atoms with Crippen LogP contribution in [0.5, 0.6) is 0 Å². The van der Waals surface area contributed by atoms with E-state index >= 15 is 0 Å². The Morgan fingerprint density at radius 3 is 3.17 bits per heavy atom. The topological polar surface area (TPSA) is 67.8 Å². The second-order valence-electron chi connectivity index (χ2n) is 2.83. The molecule has 0 saturated carbocycles. The van der Waals surface area contributed by atoms with Crippen molar-refractivity contribution in [1.82, 2.24) is 0 Å². The summed E-state index contributed by atoms with van der Waals surface area (Å²) in [6, 6.07) is 0. The van der Waals surface area contributed by atoms with Gasteiger partial charge in [-0.1, -0.05) is 6.92 Å². The Morgan fingerprint density at radius 2 is 2.58 bits per heavy atom. The van der Waals surface area contributed by atoms with Gasteiger partial charge in [0.1, 0.15) is 6.61 Å². The molecule has 4 heteroatoms. The summed E-state index contributed by atoms with van der Waals surface area (Å²) >= 11 is 0. The highest BCUT2D eigenvalue weighted by Crippen LogP contribution is 2.15. The average molecular weight is 170 g/mol. The number of nitrogens with zero attached hydrogens (tertiary/aromatic N) is 1. The van der Waals surface area contributed by atoms with Crippen molar-refractivity contribution >= 4 is 5.90 Å². The molecule has 1 aliphatic rings. The summed E-state index contributed by atoms with van der Waals surface area (Å²) in [4.78, 5) is 3.99. The first-order chi connectivity index (χ1) is 5.74. The highest BCUT2D eigenvalue weighted by Gasteiger charge is 2.14. The minimum atomic E-state index is 0.0204. The van der Waals surface area contributed by atoms with E-state index in [-0.39, 0.29) is 12.5 Å². The Labute approximate surface area is 71.7 Å². The smallest absolute Gasteiger partial charge is 0.188 e. The fourth-order valence-corrected chi connectivity index (χ4v) is 0.966. The van der Waals surface area contributed by atoms with Gasteiger partial charge in [-0.15, -0.1) is 0 Å². The van der Waals surface area contributed by atoms with Crippen LogP contribution in [0.4, 0.5) is 0 Å². The third-order valence-corrected chi connectivity index (χ3v) is 1.77. The lowest BCUT2D eigenvalue weighted by atomic mass is 10.0. The fraction of sp³-hybridized carbons (Fsp3) is 0.625. The van der Waals surface area contributed by atoms with E-state index in [0.717, 1.165) is 12.1 Å². The molecule has 0 aromatic rings. The van der Waals surface area contributed by atoms with Crippen molar-refractivity contribution in [2.24, 2.45) is 16.6 Å². The van der Waals surface area contributed by atoms with Crippen LogP contribution < -0.4 is 5.73 Å². The number of ether oxygens (including phenoxy) is 1. The monoisotopic (exact) mass is 170 g/mol. The van der Waals surface area contributed by atoms with Crippen LogP contribution in [0, 0.1) is 5.92 Å². The van der Waals surface area contributed by atoms with Gasteiger partial charge in [0.25, 0.3) is 0 Å². The van der Waals surface area contributed by atoms with Crippen LogP contribution in [0.2, 0.25) is 0 Å². The molecule has 0 fully saturated rings. The molecule has 0 aromatic heterocycles. The molecule has 1 atom stereocenters. The van der Waals surface area contributed by atoms with Crippen LogP contribution in [-0.2, 0) is 4.74 Å². The van der Waals surface area contributed by atoms with E-state index < -0.39 is 0 Å². The van der Waals surface area contributed by atoms with E-state index in [1.165, 1.54) is 0 Å². The molecule has 0 bridgehead atoms. The Balaban J connectivity index is 2.46. The summed E-state index contributed by atoms with van der Waals surface area (Å²) in [5.74, 6) is 0.946. The first-order valence-corrected chi connectivity index (χ1v) is 4.00. The van der Waals surface area contributed by atoms with Crippen LogP contribution in [0.1, 0.15) is 13.3 Å². The fourth-order valence-electron chi connectivity index (χ4n) is 0.966. The maximum atomic E-state index is 8.49. The zero-order valence-corrected chi connectivity index (χ0v) is 7.16. The lowest BCUT2D eigenvalue weighted by molar-refractivity contribution is 0.188. The molecule has 4 nitrogen and oxygen atoms in total. The largest absolute Gasteiger partial charge is 0.478 e. The number of aliphatic imine (C=N–C) groups is 1. The lowest BCUT2D eigenvalue weighted by Gasteiger charge is -2.17. The van der Waals surface area contributed by atoms with Crippen molar-refractivity contribution in [3.05, 3.63) is 11.9 Å². The summed E-state index contributed by atoms with van der Waals surface area (Å²) in [6.45, 7) is 2.34. The van der Waals surface area contributed by atoms with Gasteiger partial charge in [0, 0.05) is 24.2 Å². The Kier molecular flexibility index (Phi) is 3.10. The zero-order valence-electron chi connectivity index (χ0n) is 7.16. The van der Waals surface area contributed by atoms with Crippen LogP contribution >= 0.6 is 0 Å². The molecule has 1 heterocycles. The predicted octanol–water partition coefficient (Wildman–Crippen LogP) is 0.234. The van der Waals surface area contributed by atoms with E-state index in [4.69, 9.17) is 15.6 Å². The van der Waals surface area contributed by atoms with Crippen LogP contribution in [-0.4, -0.2) is 24.2 Å². The van der Waals surface area contributed by atoms with Crippen molar-refractivity contribution in [1.29, 1.82) is 0 Å². The number of aliphatic hydroxyl groups is 1. The third kappa shape index (κ3) is 2.23. The summed E-state index contributed by atoms with van der Waals surface area (Å²) in [7, 11) is 0. The molecule has 0 saturated heterocycles. The van der Waals surface area contributed by atoms with Crippen LogP contribution in [0.15, 0.2) is 16.9 Å². The highest BCUT2D eigenvalue weighted by atomic mass is 16.5. The molecule has 0 aromatic carbocycles. The molecule has 12 heavy (non-hydrogen) atoms. The summed E-state index contributed by atoms with van der Waals surface area (Å²) in [6.07, 6.45) is 2.34. The lowest BCUT2D eigenvalue weighted by Crippen LogP contribution is -2.20. The Hall–Kier alpha value is -1.03. The number of allylic oxidation sites excluding steroid dienone is 1. The molecule has 0 radical (unpaired) electrons. The summed E-state index contributed by atoms with van der Waals surface area (Å²) in [5.41, 5.74) is 6.40. The molecule has 0 spiro atoms. The van der Waals surface area contributed by atoms with E-state index in [1.54, 1.807) is 6.20 Å². The molecule has 0 amide bonds.